The molecule has 30 heavy (non-hydrogen) atoms. The summed E-state index contributed by atoms with van der Waals surface area (Å²) < 4.78 is 13.6. The van der Waals surface area contributed by atoms with Crippen molar-refractivity contribution in [3.05, 3.63) is 126 Å². The van der Waals surface area contributed by atoms with Crippen LogP contribution >= 0.6 is 0 Å². The zero-order chi connectivity index (χ0) is 20.8. The van der Waals surface area contributed by atoms with Crippen LogP contribution in [-0.2, 0) is 0 Å². The molecule has 0 aliphatic carbocycles. The average Bonchev–Trinajstić information content (AvgIpc) is 2.81. The molecule has 1 aromatic heterocycles. The maximum Gasteiger partial charge on any atom is 0.223 e. The Morgan fingerprint density at radius 1 is 0.733 bits per heavy atom. The van der Waals surface area contributed by atoms with E-state index < -0.39 is 12.0 Å². The van der Waals surface area contributed by atoms with E-state index in [4.69, 9.17) is 0 Å². The van der Waals surface area contributed by atoms with Crippen molar-refractivity contribution < 1.29 is 9.18 Å². The lowest BCUT2D eigenvalue weighted by atomic mass is 9.81. The molecule has 0 fully saturated rings. The first-order chi connectivity index (χ1) is 14.7. The zero-order valence-electron chi connectivity index (χ0n) is 16.2. The highest BCUT2D eigenvalue weighted by atomic mass is 19.1. The number of hydrogen-bond donors (Lipinski definition) is 1. The van der Waals surface area contributed by atoms with Crippen molar-refractivity contribution in [3.8, 4) is 0 Å². The van der Waals surface area contributed by atoms with Crippen LogP contribution < -0.4 is 5.32 Å². The summed E-state index contributed by atoms with van der Waals surface area (Å²) in [5.74, 6) is -0.546. The van der Waals surface area contributed by atoms with Gasteiger partial charge in [0.2, 0.25) is 5.95 Å². The summed E-state index contributed by atoms with van der Waals surface area (Å²) in [7, 11) is 0. The summed E-state index contributed by atoms with van der Waals surface area (Å²) in [4.78, 5) is 22.2. The largest absolute Gasteiger partial charge is 0.346 e. The van der Waals surface area contributed by atoms with Gasteiger partial charge in [0.15, 0.2) is 5.78 Å². The molecule has 4 nitrogen and oxygen atoms in total. The van der Waals surface area contributed by atoms with Gasteiger partial charge in [0, 0.05) is 18.0 Å². The van der Waals surface area contributed by atoms with Crippen LogP contribution in [0.4, 0.5) is 10.3 Å². The molecule has 0 saturated heterocycles. The van der Waals surface area contributed by atoms with Gasteiger partial charge >= 0.3 is 0 Å². The molecule has 5 heteroatoms. The number of ketones is 1. The molecule has 0 radical (unpaired) electrons. The smallest absolute Gasteiger partial charge is 0.223 e. The maximum absolute atomic E-state index is 13.7. The highest BCUT2D eigenvalue weighted by Crippen LogP contribution is 2.36. The number of halogens is 1. The van der Waals surface area contributed by atoms with Crippen molar-refractivity contribution >= 4 is 11.7 Å². The minimum atomic E-state index is -0.567. The number of rotatable bonds is 7. The summed E-state index contributed by atoms with van der Waals surface area (Å²) in [6.07, 6.45) is 3.27. The highest BCUT2D eigenvalue weighted by Gasteiger charge is 2.32. The first kappa shape index (κ1) is 19.5. The molecule has 4 rings (SSSR count). The van der Waals surface area contributed by atoms with E-state index in [9.17, 15) is 9.18 Å². The van der Waals surface area contributed by atoms with Crippen LogP contribution in [0, 0.1) is 5.82 Å². The van der Waals surface area contributed by atoms with Crippen LogP contribution in [0.5, 0.6) is 0 Å². The number of anilines is 1. The first-order valence-corrected chi connectivity index (χ1v) is 9.65. The van der Waals surface area contributed by atoms with Crippen molar-refractivity contribution in [1.82, 2.24) is 9.97 Å². The predicted octanol–water partition coefficient (Wildman–Crippen LogP) is 5.44. The van der Waals surface area contributed by atoms with E-state index in [1.165, 1.54) is 12.1 Å². The van der Waals surface area contributed by atoms with Gasteiger partial charge in [-0.1, -0.05) is 72.8 Å². The van der Waals surface area contributed by atoms with E-state index in [0.717, 1.165) is 11.1 Å². The number of benzene rings is 3. The van der Waals surface area contributed by atoms with Gasteiger partial charge in [-0.15, -0.1) is 0 Å². The van der Waals surface area contributed by atoms with Crippen LogP contribution in [0.1, 0.15) is 33.4 Å². The second-order valence-electron chi connectivity index (χ2n) is 6.86. The quantitative estimate of drug-likeness (QED) is 0.422. The van der Waals surface area contributed by atoms with Crippen molar-refractivity contribution in [1.29, 1.82) is 0 Å². The second-order valence-corrected chi connectivity index (χ2v) is 6.86. The molecule has 0 saturated carbocycles. The van der Waals surface area contributed by atoms with E-state index in [2.05, 4.69) is 15.3 Å². The minimum Gasteiger partial charge on any atom is -0.346 e. The standard InChI is InChI=1S/C25H20FN3O/c26-21-14-12-19(13-15-21)23(29-25-27-16-7-17-28-25)22(18-8-3-1-4-9-18)24(30)20-10-5-2-6-11-20/h1-17,22-23H,(H,27,28,29)/t22-,23-/m0/s1. The number of carbonyl (C=O) groups is 1. The lowest BCUT2D eigenvalue weighted by Crippen LogP contribution is -2.27. The fourth-order valence-electron chi connectivity index (χ4n) is 3.48. The molecule has 4 aromatic rings. The van der Waals surface area contributed by atoms with Crippen molar-refractivity contribution in [2.24, 2.45) is 0 Å². The van der Waals surface area contributed by atoms with E-state index in [1.807, 2.05) is 48.5 Å². The van der Waals surface area contributed by atoms with E-state index >= 15 is 0 Å². The molecule has 3 aromatic carbocycles. The number of hydrogen-bond acceptors (Lipinski definition) is 4. The molecular weight excluding hydrogens is 377 g/mol. The summed E-state index contributed by atoms with van der Waals surface area (Å²) in [6, 6.07) is 26.1. The Bertz CT molecular complexity index is 1090. The van der Waals surface area contributed by atoms with Crippen molar-refractivity contribution in [2.75, 3.05) is 5.32 Å². The third-order valence-electron chi connectivity index (χ3n) is 4.91. The molecule has 2 atom stereocenters. The van der Waals surface area contributed by atoms with Gasteiger partial charge in [0.25, 0.3) is 0 Å². The Morgan fingerprint density at radius 3 is 1.97 bits per heavy atom. The third kappa shape index (κ3) is 4.41. The van der Waals surface area contributed by atoms with Gasteiger partial charge in [-0.2, -0.15) is 0 Å². The SMILES string of the molecule is O=C(c1ccccc1)[C@@H](c1ccccc1)[C@@H](Nc1ncccn1)c1ccc(F)cc1. The van der Waals surface area contributed by atoms with Gasteiger partial charge in [-0.25, -0.2) is 14.4 Å². The fourth-order valence-corrected chi connectivity index (χ4v) is 3.48. The summed E-state index contributed by atoms with van der Waals surface area (Å²) in [5, 5.41) is 3.30. The van der Waals surface area contributed by atoms with Crippen LogP contribution in [0.2, 0.25) is 0 Å². The van der Waals surface area contributed by atoms with Crippen molar-refractivity contribution in [2.45, 2.75) is 12.0 Å². The minimum absolute atomic E-state index is 0.0421. The van der Waals surface area contributed by atoms with Gasteiger partial charge in [-0.05, 0) is 29.3 Å². The zero-order valence-corrected chi connectivity index (χ0v) is 16.2. The Kier molecular flexibility index (Phi) is 5.90. The van der Waals surface area contributed by atoms with Gasteiger partial charge in [0.05, 0.1) is 12.0 Å². The van der Waals surface area contributed by atoms with Crippen LogP contribution in [0.3, 0.4) is 0 Å². The summed E-state index contributed by atoms with van der Waals surface area (Å²) >= 11 is 0. The Labute approximate surface area is 174 Å². The molecule has 1 N–H and O–H groups in total. The van der Waals surface area contributed by atoms with Crippen LogP contribution in [-0.4, -0.2) is 15.8 Å². The normalized spacial score (nSPS) is 12.7. The number of Topliss-reactive ketones (excluding diaryl/α,β-unsaturated/α-hetero) is 1. The van der Waals surface area contributed by atoms with Gasteiger partial charge in [0.1, 0.15) is 5.82 Å². The topological polar surface area (TPSA) is 54.9 Å². The molecule has 1 heterocycles. The number of nitrogens with zero attached hydrogens (tertiary/aromatic N) is 2. The molecule has 0 bridgehead atoms. The van der Waals surface area contributed by atoms with E-state index in [1.54, 1.807) is 42.7 Å². The fraction of sp³-hybridized carbons (Fsp3) is 0.0800. The molecule has 0 spiro atoms. The lowest BCUT2D eigenvalue weighted by molar-refractivity contribution is 0.0950. The molecule has 0 unspecified atom stereocenters. The number of aromatic nitrogens is 2. The second kappa shape index (κ2) is 9.09. The molecule has 0 aliphatic rings. The average molecular weight is 397 g/mol. The number of nitrogens with one attached hydrogen (secondary N) is 1. The molecule has 0 aliphatic heterocycles. The van der Waals surface area contributed by atoms with Crippen molar-refractivity contribution in [3.63, 3.8) is 0 Å². The van der Waals surface area contributed by atoms with E-state index in [0.29, 0.717) is 11.5 Å². The maximum atomic E-state index is 13.7. The Morgan fingerprint density at radius 2 is 1.33 bits per heavy atom. The summed E-state index contributed by atoms with van der Waals surface area (Å²) in [5.41, 5.74) is 2.22. The molecule has 0 amide bonds. The Hall–Kier alpha value is -3.86. The lowest BCUT2D eigenvalue weighted by Gasteiger charge is -2.28. The van der Waals surface area contributed by atoms with Crippen LogP contribution in [0.15, 0.2) is 103 Å². The monoisotopic (exact) mass is 397 g/mol. The van der Waals surface area contributed by atoms with E-state index in [-0.39, 0.29) is 11.6 Å². The number of carbonyl (C=O) groups excluding carboxylic acids is 1. The van der Waals surface area contributed by atoms with Gasteiger partial charge in [-0.3, -0.25) is 4.79 Å². The Balaban J connectivity index is 1.83. The summed E-state index contributed by atoms with van der Waals surface area (Å²) in [6.45, 7) is 0. The first-order valence-electron chi connectivity index (χ1n) is 9.65. The van der Waals surface area contributed by atoms with Gasteiger partial charge < -0.3 is 5.32 Å². The highest BCUT2D eigenvalue weighted by molar-refractivity contribution is 6.01. The third-order valence-corrected chi connectivity index (χ3v) is 4.91. The van der Waals surface area contributed by atoms with Crippen LogP contribution in [0.25, 0.3) is 0 Å². The molecule has 148 valence electrons. The predicted molar refractivity (Wildman–Crippen MR) is 115 cm³/mol. The molecular formula is C25H20FN3O.